The number of aliphatic hydroxyl groups is 1. The van der Waals surface area contributed by atoms with Gasteiger partial charge in [-0.2, -0.15) is 0 Å². The second-order valence-corrected chi connectivity index (χ2v) is 7.79. The fourth-order valence-electron chi connectivity index (χ4n) is 2.00. The van der Waals surface area contributed by atoms with Crippen molar-refractivity contribution in [2.24, 2.45) is 0 Å². The number of hydrogen-bond donors (Lipinski definition) is 2. The van der Waals surface area contributed by atoms with E-state index in [0.717, 1.165) is 18.5 Å². The summed E-state index contributed by atoms with van der Waals surface area (Å²) in [6.07, 6.45) is 3.45. The van der Waals surface area contributed by atoms with Crippen LogP contribution in [0.2, 0.25) is 5.15 Å². The van der Waals surface area contributed by atoms with Gasteiger partial charge in [0.1, 0.15) is 10.8 Å². The first-order valence-electron chi connectivity index (χ1n) is 7.12. The maximum absolute atomic E-state index is 14.3. The fraction of sp³-hybridized carbons (Fsp3) is 0.333. The molecule has 9 heteroatoms. The lowest BCUT2D eigenvalue weighted by Gasteiger charge is -2.13. The van der Waals surface area contributed by atoms with Crippen LogP contribution in [-0.4, -0.2) is 42.4 Å². The van der Waals surface area contributed by atoms with E-state index in [4.69, 9.17) is 11.6 Å². The average Bonchev–Trinajstić information content (AvgIpc) is 2.46. The summed E-state index contributed by atoms with van der Waals surface area (Å²) < 4.78 is 37.3. The number of nitrogens with one attached hydrogen (secondary N) is 1. The van der Waals surface area contributed by atoms with Crippen LogP contribution in [0.1, 0.15) is 13.3 Å². The standard InChI is InChI=1S/C15H17ClFN3O3S/c1-9(21)3-4-18-13-6-14(16)19-8-11(13)15-12(17)5-10(7-20-15)24(2,22)23/h5-9,21H,3-4H2,1-2H3,(H,18,19)/t9-/m1/s1. The van der Waals surface area contributed by atoms with Crippen LogP contribution in [0.25, 0.3) is 11.3 Å². The highest BCUT2D eigenvalue weighted by molar-refractivity contribution is 7.90. The predicted octanol–water partition coefficient (Wildman–Crippen LogP) is 2.52. The Labute approximate surface area is 144 Å². The van der Waals surface area contributed by atoms with E-state index < -0.39 is 21.8 Å². The lowest BCUT2D eigenvalue weighted by molar-refractivity contribution is 0.189. The Morgan fingerprint density at radius 1 is 1.33 bits per heavy atom. The molecule has 2 rings (SSSR count). The number of pyridine rings is 2. The molecule has 2 aromatic rings. The zero-order valence-electron chi connectivity index (χ0n) is 13.1. The first-order valence-corrected chi connectivity index (χ1v) is 9.39. The van der Waals surface area contributed by atoms with Gasteiger partial charge in [-0.3, -0.25) is 4.98 Å². The lowest BCUT2D eigenvalue weighted by atomic mass is 10.1. The molecule has 2 N–H and O–H groups in total. The molecule has 0 fully saturated rings. The van der Waals surface area contributed by atoms with Crippen LogP contribution in [0.4, 0.5) is 10.1 Å². The van der Waals surface area contributed by atoms with Crippen molar-refractivity contribution in [3.8, 4) is 11.3 Å². The zero-order valence-corrected chi connectivity index (χ0v) is 14.7. The van der Waals surface area contributed by atoms with Crippen molar-refractivity contribution in [3.05, 3.63) is 35.5 Å². The van der Waals surface area contributed by atoms with Crippen molar-refractivity contribution in [1.29, 1.82) is 0 Å². The van der Waals surface area contributed by atoms with Gasteiger partial charge >= 0.3 is 0 Å². The Hall–Kier alpha value is -1.77. The summed E-state index contributed by atoms with van der Waals surface area (Å²) in [5.74, 6) is -0.777. The van der Waals surface area contributed by atoms with Gasteiger partial charge in [-0.1, -0.05) is 11.6 Å². The van der Waals surface area contributed by atoms with Crippen LogP contribution in [0.15, 0.2) is 29.4 Å². The minimum absolute atomic E-state index is 0.0360. The van der Waals surface area contributed by atoms with E-state index in [9.17, 15) is 17.9 Å². The van der Waals surface area contributed by atoms with Crippen LogP contribution < -0.4 is 5.32 Å². The quantitative estimate of drug-likeness (QED) is 0.756. The maximum Gasteiger partial charge on any atom is 0.177 e. The van der Waals surface area contributed by atoms with Crippen molar-refractivity contribution >= 4 is 27.1 Å². The van der Waals surface area contributed by atoms with Crippen LogP contribution in [0, 0.1) is 5.82 Å². The molecular formula is C15H17ClFN3O3S. The third-order valence-corrected chi connectivity index (χ3v) is 4.53. The molecule has 2 aromatic heterocycles. The molecule has 0 aliphatic heterocycles. The molecule has 0 aliphatic carbocycles. The van der Waals surface area contributed by atoms with Gasteiger partial charge < -0.3 is 10.4 Å². The Kier molecular flexibility index (Phi) is 5.74. The van der Waals surface area contributed by atoms with Crippen LogP contribution >= 0.6 is 11.6 Å². The molecular weight excluding hydrogens is 357 g/mol. The van der Waals surface area contributed by atoms with Crippen LogP contribution in [-0.2, 0) is 9.84 Å². The van der Waals surface area contributed by atoms with Crippen molar-refractivity contribution in [2.75, 3.05) is 18.1 Å². The Morgan fingerprint density at radius 2 is 2.04 bits per heavy atom. The molecule has 0 radical (unpaired) electrons. The molecule has 130 valence electrons. The number of anilines is 1. The van der Waals surface area contributed by atoms with E-state index in [0.29, 0.717) is 24.2 Å². The van der Waals surface area contributed by atoms with E-state index in [1.165, 1.54) is 12.3 Å². The van der Waals surface area contributed by atoms with Gasteiger partial charge in [-0.25, -0.2) is 17.8 Å². The van der Waals surface area contributed by atoms with Crippen molar-refractivity contribution < 1.29 is 17.9 Å². The highest BCUT2D eigenvalue weighted by atomic mass is 35.5. The normalized spacial score (nSPS) is 12.9. The summed E-state index contributed by atoms with van der Waals surface area (Å²) in [5.41, 5.74) is 0.808. The number of aliphatic hydroxyl groups excluding tert-OH is 1. The summed E-state index contributed by atoms with van der Waals surface area (Å²) in [5, 5.41) is 12.6. The van der Waals surface area contributed by atoms with Crippen molar-refractivity contribution in [2.45, 2.75) is 24.3 Å². The van der Waals surface area contributed by atoms with Gasteiger partial charge in [-0.15, -0.1) is 0 Å². The third-order valence-electron chi connectivity index (χ3n) is 3.25. The second-order valence-electron chi connectivity index (χ2n) is 5.39. The largest absolute Gasteiger partial charge is 0.393 e. The van der Waals surface area contributed by atoms with Gasteiger partial charge in [-0.05, 0) is 25.5 Å². The molecule has 0 spiro atoms. The van der Waals surface area contributed by atoms with Gasteiger partial charge in [0.05, 0.1) is 11.0 Å². The number of aromatic nitrogens is 2. The molecule has 24 heavy (non-hydrogen) atoms. The lowest BCUT2D eigenvalue weighted by Crippen LogP contribution is -2.11. The zero-order chi connectivity index (χ0) is 17.9. The van der Waals surface area contributed by atoms with E-state index >= 15 is 0 Å². The monoisotopic (exact) mass is 373 g/mol. The summed E-state index contributed by atoms with van der Waals surface area (Å²) in [7, 11) is -3.55. The molecule has 0 unspecified atom stereocenters. The first-order chi connectivity index (χ1) is 11.2. The molecule has 0 bridgehead atoms. The van der Waals surface area contributed by atoms with Gasteiger partial charge in [0, 0.05) is 36.4 Å². The van der Waals surface area contributed by atoms with Gasteiger partial charge in [0.15, 0.2) is 15.7 Å². The molecule has 0 aromatic carbocycles. The fourth-order valence-corrected chi connectivity index (χ4v) is 2.72. The highest BCUT2D eigenvalue weighted by Gasteiger charge is 2.17. The first kappa shape index (κ1) is 18.6. The topological polar surface area (TPSA) is 92.2 Å². The Bertz CT molecular complexity index is 844. The minimum atomic E-state index is -3.55. The molecule has 0 saturated carbocycles. The summed E-state index contributed by atoms with van der Waals surface area (Å²) in [4.78, 5) is 7.64. The molecule has 6 nitrogen and oxygen atoms in total. The molecule has 1 atom stereocenters. The number of hydrogen-bond acceptors (Lipinski definition) is 6. The Morgan fingerprint density at radius 3 is 2.62 bits per heavy atom. The molecule has 0 saturated heterocycles. The van der Waals surface area contributed by atoms with E-state index in [1.807, 2.05) is 0 Å². The highest BCUT2D eigenvalue weighted by Crippen LogP contribution is 2.30. The van der Waals surface area contributed by atoms with Crippen LogP contribution in [0.5, 0.6) is 0 Å². The third kappa shape index (κ3) is 4.62. The number of halogens is 2. The second kappa shape index (κ2) is 7.42. The molecule has 0 aliphatic rings. The summed E-state index contributed by atoms with van der Waals surface area (Å²) in [6.45, 7) is 2.10. The SMILES string of the molecule is C[C@@H](O)CCNc1cc(Cl)ncc1-c1ncc(S(C)(=O)=O)cc1F. The summed E-state index contributed by atoms with van der Waals surface area (Å²) in [6, 6.07) is 2.44. The smallest absolute Gasteiger partial charge is 0.177 e. The molecule has 2 heterocycles. The van der Waals surface area contributed by atoms with Gasteiger partial charge in [0.2, 0.25) is 0 Å². The maximum atomic E-state index is 14.3. The Balaban J connectivity index is 2.41. The van der Waals surface area contributed by atoms with E-state index in [-0.39, 0.29) is 15.7 Å². The van der Waals surface area contributed by atoms with E-state index in [2.05, 4.69) is 15.3 Å². The number of nitrogens with zero attached hydrogens (tertiary/aromatic N) is 2. The van der Waals surface area contributed by atoms with Crippen molar-refractivity contribution in [1.82, 2.24) is 9.97 Å². The van der Waals surface area contributed by atoms with Crippen molar-refractivity contribution in [3.63, 3.8) is 0 Å². The van der Waals surface area contributed by atoms with Gasteiger partial charge in [0.25, 0.3) is 0 Å². The number of sulfone groups is 1. The summed E-state index contributed by atoms with van der Waals surface area (Å²) >= 11 is 5.88. The van der Waals surface area contributed by atoms with Crippen LogP contribution in [0.3, 0.4) is 0 Å². The average molecular weight is 374 g/mol. The van der Waals surface area contributed by atoms with E-state index in [1.54, 1.807) is 6.92 Å². The molecule has 0 amide bonds. The minimum Gasteiger partial charge on any atom is -0.393 e. The predicted molar refractivity (Wildman–Crippen MR) is 90.3 cm³/mol. The number of rotatable bonds is 6.